The number of benzene rings is 1. The van der Waals surface area contributed by atoms with E-state index in [1.54, 1.807) is 12.4 Å². The van der Waals surface area contributed by atoms with E-state index in [-0.39, 0.29) is 16.1 Å². The molecule has 22 heavy (non-hydrogen) atoms. The molecule has 114 valence electrons. The monoisotopic (exact) mass is 327 g/mol. The van der Waals surface area contributed by atoms with Gasteiger partial charge < -0.3 is 4.42 Å². The Kier molecular flexibility index (Phi) is 4.42. The molecule has 1 N–H and O–H groups in total. The number of fused-ring (bicyclic) bond motifs is 1. The Balaban J connectivity index is 2.55. The molecule has 1 heterocycles. The molecule has 9 heteroatoms. The highest BCUT2D eigenvalue weighted by Crippen LogP contribution is 2.30. The third-order valence-corrected chi connectivity index (χ3v) is 3.16. The molecule has 1 aromatic heterocycles. The average molecular weight is 327 g/mol. The number of thioether (sulfide) groups is 1. The molecular weight excluding hydrogens is 319 g/mol. The third kappa shape index (κ3) is 3.40. The summed E-state index contributed by atoms with van der Waals surface area (Å²) in [5, 5.41) is 11.2. The molecule has 0 radical (unpaired) electrons. The summed E-state index contributed by atoms with van der Waals surface area (Å²) >= 11 is 1.17. The van der Waals surface area contributed by atoms with Gasteiger partial charge in [0.15, 0.2) is 16.8 Å². The second-order valence-electron chi connectivity index (χ2n) is 4.01. The molecule has 0 aliphatic carbocycles. The predicted molar refractivity (Wildman–Crippen MR) is 76.8 cm³/mol. The number of halogens is 3. The SMILES string of the molecule is CSC(=Nc1ccc2oc(C(F)(F)F)cc(=O)c2c1)NC#N. The van der Waals surface area contributed by atoms with Crippen LogP contribution < -0.4 is 10.7 Å². The first-order chi connectivity index (χ1) is 10.3. The second-order valence-corrected chi connectivity index (χ2v) is 4.81. The number of aliphatic imine (C=N–C) groups is 1. The zero-order valence-corrected chi connectivity index (χ0v) is 11.9. The van der Waals surface area contributed by atoms with Crippen LogP contribution in [-0.2, 0) is 6.18 Å². The topological polar surface area (TPSA) is 78.4 Å². The fourth-order valence-corrected chi connectivity index (χ4v) is 1.99. The van der Waals surface area contributed by atoms with Gasteiger partial charge in [-0.05, 0) is 24.5 Å². The molecule has 0 bridgehead atoms. The second kappa shape index (κ2) is 6.11. The van der Waals surface area contributed by atoms with E-state index in [4.69, 9.17) is 9.68 Å². The maximum atomic E-state index is 12.6. The van der Waals surface area contributed by atoms with Gasteiger partial charge in [-0.3, -0.25) is 10.1 Å². The Labute approximate surface area is 126 Å². The molecule has 0 saturated heterocycles. The fraction of sp³-hybridized carbons (Fsp3) is 0.154. The van der Waals surface area contributed by atoms with Crippen molar-refractivity contribution in [1.82, 2.24) is 5.32 Å². The van der Waals surface area contributed by atoms with Crippen molar-refractivity contribution in [3.05, 3.63) is 40.2 Å². The van der Waals surface area contributed by atoms with Gasteiger partial charge in [0, 0.05) is 6.07 Å². The van der Waals surface area contributed by atoms with Crippen LogP contribution >= 0.6 is 11.8 Å². The lowest BCUT2D eigenvalue weighted by Crippen LogP contribution is -2.12. The van der Waals surface area contributed by atoms with E-state index in [1.165, 1.54) is 30.0 Å². The minimum absolute atomic E-state index is 0.0216. The average Bonchev–Trinajstić information content (AvgIpc) is 2.46. The molecule has 0 amide bonds. The highest BCUT2D eigenvalue weighted by Gasteiger charge is 2.34. The normalized spacial score (nSPS) is 12.2. The van der Waals surface area contributed by atoms with Crippen LogP contribution in [0.3, 0.4) is 0 Å². The molecule has 0 aliphatic rings. The fourth-order valence-electron chi connectivity index (χ4n) is 1.64. The molecule has 0 saturated carbocycles. The minimum atomic E-state index is -4.73. The van der Waals surface area contributed by atoms with E-state index in [2.05, 4.69) is 10.3 Å². The van der Waals surface area contributed by atoms with Crippen LogP contribution in [0.25, 0.3) is 11.0 Å². The highest BCUT2D eigenvalue weighted by molar-refractivity contribution is 8.13. The van der Waals surface area contributed by atoms with Crippen LogP contribution in [0.5, 0.6) is 0 Å². The van der Waals surface area contributed by atoms with E-state index in [0.29, 0.717) is 11.8 Å². The van der Waals surface area contributed by atoms with Crippen molar-refractivity contribution in [2.75, 3.05) is 6.26 Å². The number of nitrogens with one attached hydrogen (secondary N) is 1. The van der Waals surface area contributed by atoms with E-state index in [1.807, 2.05) is 0 Å². The van der Waals surface area contributed by atoms with Crippen molar-refractivity contribution in [2.45, 2.75) is 6.18 Å². The summed E-state index contributed by atoms with van der Waals surface area (Å²) in [7, 11) is 0. The number of rotatable bonds is 1. The van der Waals surface area contributed by atoms with Crippen LogP contribution in [0.15, 0.2) is 38.5 Å². The molecular formula is C13H8F3N3O2S. The lowest BCUT2D eigenvalue weighted by atomic mass is 10.2. The summed E-state index contributed by atoms with van der Waals surface area (Å²) in [4.78, 5) is 15.9. The Bertz CT molecular complexity index is 837. The van der Waals surface area contributed by atoms with Crippen LogP contribution in [0.4, 0.5) is 18.9 Å². The van der Waals surface area contributed by atoms with E-state index in [9.17, 15) is 18.0 Å². The van der Waals surface area contributed by atoms with Crippen LogP contribution in [0.2, 0.25) is 0 Å². The summed E-state index contributed by atoms with van der Waals surface area (Å²) in [6.45, 7) is 0. The first-order valence-corrected chi connectivity index (χ1v) is 7.00. The minimum Gasteiger partial charge on any atom is -0.451 e. The van der Waals surface area contributed by atoms with Crippen molar-refractivity contribution < 1.29 is 17.6 Å². The zero-order valence-electron chi connectivity index (χ0n) is 11.1. The maximum absolute atomic E-state index is 12.6. The van der Waals surface area contributed by atoms with Gasteiger partial charge in [-0.25, -0.2) is 4.99 Å². The van der Waals surface area contributed by atoms with Crippen LogP contribution in [-0.4, -0.2) is 11.4 Å². The lowest BCUT2D eigenvalue weighted by Gasteiger charge is -2.06. The van der Waals surface area contributed by atoms with E-state index in [0.717, 1.165) is 0 Å². The summed E-state index contributed by atoms with van der Waals surface area (Å²) in [6, 6.07) is 4.32. The molecule has 5 nitrogen and oxygen atoms in total. The first kappa shape index (κ1) is 15.9. The molecule has 0 fully saturated rings. The lowest BCUT2D eigenvalue weighted by molar-refractivity contribution is -0.152. The largest absolute Gasteiger partial charge is 0.451 e. The van der Waals surface area contributed by atoms with E-state index < -0.39 is 17.4 Å². The van der Waals surface area contributed by atoms with Crippen LogP contribution in [0, 0.1) is 11.5 Å². The molecule has 0 unspecified atom stereocenters. The summed E-state index contributed by atoms with van der Waals surface area (Å²) in [6.07, 6.45) is -1.34. The van der Waals surface area contributed by atoms with Gasteiger partial charge >= 0.3 is 6.18 Å². The Morgan fingerprint density at radius 1 is 1.41 bits per heavy atom. The highest BCUT2D eigenvalue weighted by atomic mass is 32.2. The predicted octanol–water partition coefficient (Wildman–Crippen LogP) is 3.23. The molecule has 2 aromatic rings. The number of alkyl halides is 3. The van der Waals surface area contributed by atoms with Crippen molar-refractivity contribution in [3.8, 4) is 6.19 Å². The van der Waals surface area contributed by atoms with Crippen molar-refractivity contribution >= 4 is 33.6 Å². The van der Waals surface area contributed by atoms with Gasteiger partial charge in [0.05, 0.1) is 11.1 Å². The summed E-state index contributed by atoms with van der Waals surface area (Å²) < 4.78 is 42.4. The number of hydrogen-bond donors (Lipinski definition) is 1. The number of nitrogens with zero attached hydrogens (tertiary/aromatic N) is 2. The van der Waals surface area contributed by atoms with Gasteiger partial charge in [0.25, 0.3) is 0 Å². The van der Waals surface area contributed by atoms with Crippen molar-refractivity contribution in [1.29, 1.82) is 5.26 Å². The Morgan fingerprint density at radius 3 is 2.73 bits per heavy atom. The summed E-state index contributed by atoms with van der Waals surface area (Å²) in [5.41, 5.74) is -0.686. The van der Waals surface area contributed by atoms with E-state index >= 15 is 0 Å². The molecule has 0 aliphatic heterocycles. The van der Waals surface area contributed by atoms with Crippen molar-refractivity contribution in [3.63, 3.8) is 0 Å². The van der Waals surface area contributed by atoms with Gasteiger partial charge in [0.2, 0.25) is 5.76 Å². The smallest absolute Gasteiger partial charge is 0.449 e. The first-order valence-electron chi connectivity index (χ1n) is 5.78. The maximum Gasteiger partial charge on any atom is 0.449 e. The molecule has 0 spiro atoms. The molecule has 0 atom stereocenters. The van der Waals surface area contributed by atoms with Gasteiger partial charge in [-0.15, -0.1) is 0 Å². The Morgan fingerprint density at radius 2 is 2.14 bits per heavy atom. The Hall–Kier alpha value is -2.47. The number of amidine groups is 1. The molecule has 1 aromatic carbocycles. The quantitative estimate of drug-likeness (QED) is 0.376. The number of hydrogen-bond acceptors (Lipinski definition) is 5. The van der Waals surface area contributed by atoms with Crippen molar-refractivity contribution in [2.24, 2.45) is 4.99 Å². The number of nitriles is 1. The van der Waals surface area contributed by atoms with Gasteiger partial charge in [0.1, 0.15) is 5.58 Å². The van der Waals surface area contributed by atoms with Gasteiger partial charge in [-0.1, -0.05) is 11.8 Å². The van der Waals surface area contributed by atoms with Crippen LogP contribution in [0.1, 0.15) is 5.76 Å². The summed E-state index contributed by atoms with van der Waals surface area (Å²) in [5.74, 6) is -1.35. The zero-order chi connectivity index (χ0) is 16.3. The van der Waals surface area contributed by atoms with Gasteiger partial charge in [-0.2, -0.15) is 18.4 Å². The third-order valence-electron chi connectivity index (χ3n) is 2.58. The molecule has 2 rings (SSSR count). The standard InChI is InChI=1S/C13H8F3N3O2S/c1-22-12(18-6-17)19-7-2-3-10-8(4-7)9(20)5-11(21-10)13(14,15)16/h2-5H,1H3,(H,18,19).